The van der Waals surface area contributed by atoms with Crippen molar-refractivity contribution in [2.45, 2.75) is 72.6 Å². The van der Waals surface area contributed by atoms with E-state index in [2.05, 4.69) is 25.8 Å². The molecule has 0 aromatic carbocycles. The van der Waals surface area contributed by atoms with Gasteiger partial charge in [-0.3, -0.25) is 4.98 Å². The molecule has 0 aliphatic heterocycles. The summed E-state index contributed by atoms with van der Waals surface area (Å²) in [5, 5.41) is 0. The van der Waals surface area contributed by atoms with Crippen molar-refractivity contribution in [3.63, 3.8) is 0 Å². The van der Waals surface area contributed by atoms with Gasteiger partial charge in [0.05, 0.1) is 0 Å². The summed E-state index contributed by atoms with van der Waals surface area (Å²) < 4.78 is 35.7. The first-order chi connectivity index (χ1) is 10.9. The van der Waals surface area contributed by atoms with Crippen LogP contribution in [0.15, 0.2) is 30.6 Å². The fourth-order valence-electron chi connectivity index (χ4n) is 2.57. The predicted octanol–water partition coefficient (Wildman–Crippen LogP) is 5.30. The average Bonchev–Trinajstić information content (AvgIpc) is 2.55. The SMILES string of the molecule is CCC[CH2][Sn]([CH2]CCC)([CH2]CCC)[S](=O)(=O)O.c1ccncc1. The molecule has 1 rings (SSSR count). The van der Waals surface area contributed by atoms with E-state index >= 15 is 0 Å². The Morgan fingerprint density at radius 2 is 1.22 bits per heavy atom. The summed E-state index contributed by atoms with van der Waals surface area (Å²) in [6.07, 6.45) is 9.45. The summed E-state index contributed by atoms with van der Waals surface area (Å²) in [7, 11) is -3.73. The van der Waals surface area contributed by atoms with Gasteiger partial charge in [-0.05, 0) is 12.1 Å². The first-order valence-electron chi connectivity index (χ1n) is 8.75. The average molecular weight is 450 g/mol. The zero-order valence-corrected chi connectivity index (χ0v) is 18.5. The molecule has 0 bridgehead atoms. The molecule has 0 aliphatic rings. The van der Waals surface area contributed by atoms with Gasteiger partial charge < -0.3 is 0 Å². The summed E-state index contributed by atoms with van der Waals surface area (Å²) in [6, 6.07) is 5.72. The predicted molar refractivity (Wildman–Crippen MR) is 101 cm³/mol. The number of hydrogen-bond acceptors (Lipinski definition) is 3. The van der Waals surface area contributed by atoms with Gasteiger partial charge in [0.25, 0.3) is 0 Å². The largest absolute Gasteiger partial charge is 0.265 e. The minimum absolute atomic E-state index is 0.810. The van der Waals surface area contributed by atoms with Crippen LogP contribution < -0.4 is 0 Å². The van der Waals surface area contributed by atoms with Crippen LogP contribution in [0.1, 0.15) is 59.3 Å². The molecule has 0 saturated carbocycles. The Morgan fingerprint density at radius 3 is 1.39 bits per heavy atom. The molecule has 6 heteroatoms. The van der Waals surface area contributed by atoms with Gasteiger partial charge in [0.1, 0.15) is 0 Å². The smallest absolute Gasteiger partial charge is 0.0267 e. The number of pyridine rings is 1. The van der Waals surface area contributed by atoms with Gasteiger partial charge in [0.2, 0.25) is 0 Å². The van der Waals surface area contributed by atoms with E-state index in [4.69, 9.17) is 0 Å². The third-order valence-electron chi connectivity index (χ3n) is 4.07. The molecule has 0 radical (unpaired) electrons. The van der Waals surface area contributed by atoms with E-state index in [0.717, 1.165) is 51.8 Å². The van der Waals surface area contributed by atoms with Gasteiger partial charge in [-0.2, -0.15) is 0 Å². The van der Waals surface area contributed by atoms with Crippen LogP contribution in [0.5, 0.6) is 0 Å². The molecule has 1 heterocycles. The second kappa shape index (κ2) is 13.2. The molecule has 134 valence electrons. The van der Waals surface area contributed by atoms with Crippen molar-refractivity contribution >= 4 is 24.3 Å². The van der Waals surface area contributed by atoms with Crippen molar-refractivity contribution in [3.8, 4) is 0 Å². The summed E-state index contributed by atoms with van der Waals surface area (Å²) in [5.74, 6) is 0. The Kier molecular flexibility index (Phi) is 13.1. The van der Waals surface area contributed by atoms with E-state index in [1.54, 1.807) is 12.4 Å². The number of hydrogen-bond donors (Lipinski definition) is 1. The Balaban J connectivity index is 0.000000664. The van der Waals surface area contributed by atoms with Crippen LogP contribution in [0.3, 0.4) is 0 Å². The van der Waals surface area contributed by atoms with Crippen LogP contribution in [0.4, 0.5) is 0 Å². The van der Waals surface area contributed by atoms with Crippen LogP contribution in [0, 0.1) is 0 Å². The third kappa shape index (κ3) is 9.67. The van der Waals surface area contributed by atoms with Crippen LogP contribution >= 0.6 is 0 Å². The fourth-order valence-corrected chi connectivity index (χ4v) is 23.6. The minimum atomic E-state index is -3.73. The quantitative estimate of drug-likeness (QED) is 0.388. The van der Waals surface area contributed by atoms with E-state index in [-0.39, 0.29) is 0 Å². The molecule has 1 aromatic heterocycles. The number of unbranched alkanes of at least 4 members (excludes halogenated alkanes) is 3. The van der Waals surface area contributed by atoms with Crippen LogP contribution in [0.25, 0.3) is 0 Å². The molecule has 23 heavy (non-hydrogen) atoms. The molecule has 4 nitrogen and oxygen atoms in total. The zero-order chi connectivity index (χ0) is 17.6. The van der Waals surface area contributed by atoms with Gasteiger partial charge in [-0.1, -0.05) is 6.07 Å². The van der Waals surface area contributed by atoms with E-state index < -0.39 is 24.3 Å². The maximum Gasteiger partial charge on any atom is 0.0267 e. The van der Waals surface area contributed by atoms with E-state index in [9.17, 15) is 13.0 Å². The minimum Gasteiger partial charge on any atom is -0.265 e. The maximum atomic E-state index is 11.8. The molecule has 1 aromatic rings. The summed E-state index contributed by atoms with van der Waals surface area (Å²) in [5.41, 5.74) is 0. The second-order valence-electron chi connectivity index (χ2n) is 5.99. The maximum absolute atomic E-state index is 11.8. The van der Waals surface area contributed by atoms with Gasteiger partial charge in [0.15, 0.2) is 0 Å². The molecule has 0 atom stereocenters. The first kappa shape index (κ1) is 22.9. The number of aromatic nitrogens is 1. The molecule has 1 N–H and O–H groups in total. The Hall–Kier alpha value is -0.141. The van der Waals surface area contributed by atoms with Crippen LogP contribution in [-0.2, 0) is 7.30 Å². The molecule has 0 amide bonds. The normalized spacial score (nSPS) is 11.7. The molecule has 0 unspecified atom stereocenters. The van der Waals surface area contributed by atoms with Crippen molar-refractivity contribution < 1.29 is 13.0 Å². The summed E-state index contributed by atoms with van der Waals surface area (Å²) in [6.45, 7) is 6.25. The first-order valence-corrected chi connectivity index (χ1v) is 19.7. The van der Waals surface area contributed by atoms with Crippen molar-refractivity contribution in [2.75, 3.05) is 0 Å². The summed E-state index contributed by atoms with van der Waals surface area (Å²) >= 11 is -3.38. The molecule has 0 saturated heterocycles. The van der Waals surface area contributed by atoms with Gasteiger partial charge in [0, 0.05) is 12.4 Å². The monoisotopic (exact) mass is 451 g/mol. The van der Waals surface area contributed by atoms with E-state index in [0.29, 0.717) is 0 Å². The second-order valence-corrected chi connectivity index (χ2v) is 28.2. The van der Waals surface area contributed by atoms with Crippen molar-refractivity contribution in [2.24, 2.45) is 0 Å². The Morgan fingerprint density at radius 1 is 0.826 bits per heavy atom. The number of rotatable bonds is 10. The fraction of sp³-hybridized carbons (Fsp3) is 0.706. The van der Waals surface area contributed by atoms with Crippen molar-refractivity contribution in [1.29, 1.82) is 0 Å². The van der Waals surface area contributed by atoms with E-state index in [1.165, 1.54) is 0 Å². The van der Waals surface area contributed by atoms with Crippen molar-refractivity contribution in [3.05, 3.63) is 30.6 Å². The van der Waals surface area contributed by atoms with E-state index in [1.807, 2.05) is 18.2 Å². The van der Waals surface area contributed by atoms with Gasteiger partial charge >= 0.3 is 110 Å². The molecule has 0 fully saturated rings. The molecular formula is C17H33NO3SSn. The van der Waals surface area contributed by atoms with Crippen LogP contribution in [0.2, 0.25) is 13.3 Å². The standard InChI is InChI=1S/C5H5N.3C4H9.HO3S.Sn/c1-2-4-6-5-3-1;3*1-3-4-2;1-4(2)3;/h1-5H;3*1,3-4H2,2H3;(H,1,2,3);. The number of nitrogens with zero attached hydrogens (tertiary/aromatic N) is 1. The third-order valence-corrected chi connectivity index (χ3v) is 29.5. The van der Waals surface area contributed by atoms with Gasteiger partial charge in [-0.15, -0.1) is 0 Å². The Bertz CT molecular complexity index is 431. The van der Waals surface area contributed by atoms with Crippen molar-refractivity contribution in [1.82, 2.24) is 4.98 Å². The topological polar surface area (TPSA) is 67.3 Å². The summed E-state index contributed by atoms with van der Waals surface area (Å²) in [4.78, 5) is 3.78. The van der Waals surface area contributed by atoms with Crippen LogP contribution in [-0.4, -0.2) is 34.9 Å². The molecule has 0 spiro atoms. The zero-order valence-electron chi connectivity index (χ0n) is 14.9. The van der Waals surface area contributed by atoms with Gasteiger partial charge in [-0.25, -0.2) is 0 Å². The Labute approximate surface area is 145 Å². The molecular weight excluding hydrogens is 417 g/mol. The molecule has 0 aliphatic carbocycles.